The molecule has 1 aliphatic carbocycles. The molecule has 0 bridgehead atoms. The molecule has 3 aliphatic rings. The molecule has 1 unspecified atom stereocenters. The molecule has 162 valence electrons. The van der Waals surface area contributed by atoms with Crippen molar-refractivity contribution in [2.75, 3.05) is 16.4 Å². The number of pyridine rings is 1. The minimum atomic E-state index is -2.68. The fourth-order valence-corrected chi connectivity index (χ4v) is 7.26. The topological polar surface area (TPSA) is 78.6 Å². The van der Waals surface area contributed by atoms with Crippen molar-refractivity contribution in [3.63, 3.8) is 0 Å². The van der Waals surface area contributed by atoms with E-state index in [4.69, 9.17) is 11.6 Å². The zero-order valence-corrected chi connectivity index (χ0v) is 18.2. The van der Waals surface area contributed by atoms with Crippen LogP contribution in [0.2, 0.25) is 5.02 Å². The maximum atomic E-state index is 15.0. The van der Waals surface area contributed by atoms with Crippen molar-refractivity contribution in [1.29, 1.82) is 0 Å². The van der Waals surface area contributed by atoms with E-state index in [1.54, 1.807) is 23.4 Å². The molecule has 1 saturated carbocycles. The number of nitrogens with zero attached hydrogens (tertiary/aromatic N) is 3. The van der Waals surface area contributed by atoms with Crippen molar-refractivity contribution in [3.8, 4) is 0 Å². The first-order valence-electron chi connectivity index (χ1n) is 10.3. The monoisotopic (exact) mass is 461 g/mol. The molecular formula is C22H21ClFN3O3S. The summed E-state index contributed by atoms with van der Waals surface area (Å²) >= 11 is 6.10. The number of aromatic nitrogens is 2. The van der Waals surface area contributed by atoms with Gasteiger partial charge in [0.25, 0.3) is 0 Å². The van der Waals surface area contributed by atoms with Crippen molar-refractivity contribution in [2.45, 2.75) is 37.3 Å². The van der Waals surface area contributed by atoms with Crippen molar-refractivity contribution >= 4 is 44.7 Å². The van der Waals surface area contributed by atoms with Gasteiger partial charge in [0.05, 0.1) is 41.2 Å². The Kier molecular flexibility index (Phi) is 4.06. The van der Waals surface area contributed by atoms with Crippen LogP contribution in [-0.4, -0.2) is 36.1 Å². The lowest BCUT2D eigenvalue weighted by Gasteiger charge is -2.27. The molecule has 3 aromatic rings. The number of amides is 1. The average molecular weight is 462 g/mol. The Morgan fingerprint density at radius 3 is 2.81 bits per heavy atom. The molecule has 6 nitrogen and oxygen atoms in total. The standard InChI is InChI=1S/C22H21ClFN3O3S/c23-14-7-13-8-16(27(20(13)18(24)9-14)15-2-6-31(29,30)12-15)11-26-19-10-25-5-1-17(19)22(3-4-22)21(26)28/h1,5,7-10,15,29-30H,2-4,6,11-12H2. The van der Waals surface area contributed by atoms with Gasteiger partial charge in [-0.05, 0) is 49.1 Å². The van der Waals surface area contributed by atoms with Gasteiger partial charge < -0.3 is 9.47 Å². The van der Waals surface area contributed by atoms with Crippen LogP contribution in [0.15, 0.2) is 36.7 Å². The second-order valence-electron chi connectivity index (χ2n) is 8.81. The van der Waals surface area contributed by atoms with Gasteiger partial charge in [-0.3, -0.25) is 18.9 Å². The largest absolute Gasteiger partial charge is 0.336 e. The molecule has 2 N–H and O–H groups in total. The highest BCUT2D eigenvalue weighted by Crippen LogP contribution is 2.57. The lowest BCUT2D eigenvalue weighted by atomic mass is 9.99. The van der Waals surface area contributed by atoms with Crippen LogP contribution in [-0.2, 0) is 16.8 Å². The third-order valence-corrected chi connectivity index (χ3v) is 8.89. The number of anilines is 1. The fraction of sp³-hybridized carbons (Fsp3) is 0.364. The van der Waals surface area contributed by atoms with E-state index < -0.39 is 21.8 Å². The van der Waals surface area contributed by atoms with Crippen molar-refractivity contribution < 1.29 is 18.3 Å². The Labute approximate surface area is 185 Å². The SMILES string of the molecule is O=C1N(Cc2cc3cc(Cl)cc(F)c3n2C2CCS(O)(O)C2)c2cnccc2C12CC2. The number of carbonyl (C=O) groups excluding carboxylic acids is 1. The molecule has 6 rings (SSSR count). The molecule has 2 aliphatic heterocycles. The summed E-state index contributed by atoms with van der Waals surface area (Å²) in [6.45, 7) is 0.265. The number of hydrogen-bond acceptors (Lipinski definition) is 4. The third kappa shape index (κ3) is 2.85. The molecule has 1 amide bonds. The molecule has 0 radical (unpaired) electrons. The summed E-state index contributed by atoms with van der Waals surface area (Å²) in [5.74, 6) is 0.0824. The zero-order chi connectivity index (χ0) is 21.5. The highest BCUT2D eigenvalue weighted by atomic mass is 35.5. The van der Waals surface area contributed by atoms with Crippen LogP contribution in [0, 0.1) is 5.82 Å². The van der Waals surface area contributed by atoms with Crippen LogP contribution < -0.4 is 4.90 Å². The van der Waals surface area contributed by atoms with Crippen LogP contribution in [0.5, 0.6) is 0 Å². The van der Waals surface area contributed by atoms with Gasteiger partial charge in [0.15, 0.2) is 0 Å². The van der Waals surface area contributed by atoms with Crippen LogP contribution in [0.25, 0.3) is 10.9 Å². The lowest BCUT2D eigenvalue weighted by molar-refractivity contribution is -0.120. The highest BCUT2D eigenvalue weighted by Gasteiger charge is 2.59. The summed E-state index contributed by atoms with van der Waals surface area (Å²) in [5, 5.41) is 0.940. The number of hydrogen-bond donors (Lipinski definition) is 2. The van der Waals surface area contributed by atoms with Gasteiger partial charge in [0.2, 0.25) is 5.91 Å². The van der Waals surface area contributed by atoms with E-state index in [2.05, 4.69) is 4.98 Å². The van der Waals surface area contributed by atoms with Gasteiger partial charge in [0, 0.05) is 28.1 Å². The van der Waals surface area contributed by atoms with Gasteiger partial charge in [-0.1, -0.05) is 11.6 Å². The molecule has 9 heteroatoms. The van der Waals surface area contributed by atoms with Crippen LogP contribution >= 0.6 is 22.2 Å². The van der Waals surface area contributed by atoms with E-state index in [9.17, 15) is 13.9 Å². The lowest BCUT2D eigenvalue weighted by Crippen LogP contribution is -2.32. The first kappa shape index (κ1) is 19.5. The first-order valence-corrected chi connectivity index (χ1v) is 12.5. The minimum absolute atomic E-state index is 0.0570. The second-order valence-corrected chi connectivity index (χ2v) is 11.6. The molecule has 4 heterocycles. The number of halogens is 2. The van der Waals surface area contributed by atoms with E-state index in [1.807, 2.05) is 16.7 Å². The van der Waals surface area contributed by atoms with Gasteiger partial charge in [-0.15, -0.1) is 0 Å². The van der Waals surface area contributed by atoms with E-state index in [0.29, 0.717) is 28.1 Å². The second kappa shape index (κ2) is 6.45. The van der Waals surface area contributed by atoms with Crippen LogP contribution in [0.4, 0.5) is 10.1 Å². The Morgan fingerprint density at radius 1 is 1.29 bits per heavy atom. The molecular weight excluding hydrogens is 441 g/mol. The molecule has 31 heavy (non-hydrogen) atoms. The molecule has 1 atom stereocenters. The number of carbonyl (C=O) groups is 1. The van der Waals surface area contributed by atoms with E-state index in [-0.39, 0.29) is 24.2 Å². The third-order valence-electron chi connectivity index (χ3n) is 6.86. The zero-order valence-electron chi connectivity index (χ0n) is 16.6. The first-order chi connectivity index (χ1) is 14.8. The average Bonchev–Trinajstić information content (AvgIpc) is 3.26. The summed E-state index contributed by atoms with van der Waals surface area (Å²) in [6.07, 6.45) is 5.63. The van der Waals surface area contributed by atoms with Crippen molar-refractivity contribution in [3.05, 3.63) is 58.8 Å². The Balaban J connectivity index is 1.48. The number of benzene rings is 1. The van der Waals surface area contributed by atoms with Crippen molar-refractivity contribution in [1.82, 2.24) is 9.55 Å². The van der Waals surface area contributed by atoms with Gasteiger partial charge >= 0.3 is 0 Å². The normalized spacial score (nSPS) is 24.2. The molecule has 1 saturated heterocycles. The fourth-order valence-electron chi connectivity index (χ4n) is 5.30. The molecule has 2 aromatic heterocycles. The smallest absolute Gasteiger partial charge is 0.238 e. The summed E-state index contributed by atoms with van der Waals surface area (Å²) in [5.41, 5.74) is 2.52. The number of rotatable bonds is 3. The summed E-state index contributed by atoms with van der Waals surface area (Å²) in [7, 11) is -2.68. The molecule has 2 fully saturated rings. The molecule has 1 aromatic carbocycles. The maximum absolute atomic E-state index is 15.0. The van der Waals surface area contributed by atoms with Gasteiger partial charge in [-0.2, -0.15) is 10.6 Å². The van der Waals surface area contributed by atoms with Crippen LogP contribution in [0.3, 0.4) is 0 Å². The predicted octanol–water partition coefficient (Wildman–Crippen LogP) is 5.10. The van der Waals surface area contributed by atoms with Gasteiger partial charge in [0.1, 0.15) is 5.82 Å². The number of fused-ring (bicyclic) bond motifs is 3. The summed E-state index contributed by atoms with van der Waals surface area (Å²) < 4.78 is 37.3. The minimum Gasteiger partial charge on any atom is -0.336 e. The Hall–Kier alpha value is -2.13. The van der Waals surface area contributed by atoms with E-state index in [0.717, 1.165) is 29.8 Å². The maximum Gasteiger partial charge on any atom is 0.238 e. The summed E-state index contributed by atoms with van der Waals surface area (Å²) in [6, 6.07) is 6.50. The highest BCUT2D eigenvalue weighted by molar-refractivity contribution is 8.24. The Morgan fingerprint density at radius 2 is 2.10 bits per heavy atom. The quantitative estimate of drug-likeness (QED) is 0.568. The predicted molar refractivity (Wildman–Crippen MR) is 119 cm³/mol. The Bertz CT molecular complexity index is 1260. The van der Waals surface area contributed by atoms with Gasteiger partial charge in [-0.25, -0.2) is 4.39 Å². The van der Waals surface area contributed by atoms with Crippen LogP contribution in [0.1, 0.15) is 36.6 Å². The van der Waals surface area contributed by atoms with E-state index in [1.165, 1.54) is 6.07 Å². The molecule has 1 spiro atoms. The van der Waals surface area contributed by atoms with Crippen molar-refractivity contribution in [2.24, 2.45) is 0 Å². The van der Waals surface area contributed by atoms with E-state index >= 15 is 4.39 Å². The summed E-state index contributed by atoms with van der Waals surface area (Å²) in [4.78, 5) is 19.3.